The molecule has 1 amide bonds. The molecule has 0 bridgehead atoms. The topological polar surface area (TPSA) is 66.4 Å². The molecule has 0 saturated carbocycles. The van der Waals surface area contributed by atoms with Crippen molar-refractivity contribution >= 4 is 11.9 Å². The molecule has 0 spiro atoms. The lowest BCUT2D eigenvalue weighted by atomic mass is 10.0. The van der Waals surface area contributed by atoms with Crippen molar-refractivity contribution in [3.05, 3.63) is 35.4 Å². The molecule has 0 atom stereocenters. The van der Waals surface area contributed by atoms with Crippen LogP contribution < -0.4 is 5.32 Å². The molecule has 0 radical (unpaired) electrons. The Morgan fingerprint density at radius 1 is 0.588 bits per heavy atom. The number of carbonyl (C=O) groups excluding carboxylic acids is 1. The highest BCUT2D eigenvalue weighted by atomic mass is 16.4. The fourth-order valence-corrected chi connectivity index (χ4v) is 4.54. The highest BCUT2D eigenvalue weighted by molar-refractivity contribution is 6.04. The number of hydrogen-bond acceptors (Lipinski definition) is 2. The first kappa shape index (κ1) is 30.2. The molecular weight excluding hydrogens is 422 g/mol. The summed E-state index contributed by atoms with van der Waals surface area (Å²) in [5.41, 5.74) is 0.298. The van der Waals surface area contributed by atoms with Crippen molar-refractivity contribution < 1.29 is 14.7 Å². The maximum Gasteiger partial charge on any atom is 0.336 e. The summed E-state index contributed by atoms with van der Waals surface area (Å²) >= 11 is 0. The molecular formula is C30H51NO3. The fourth-order valence-electron chi connectivity index (χ4n) is 4.54. The summed E-state index contributed by atoms with van der Waals surface area (Å²) in [5, 5.41) is 12.0. The number of benzene rings is 1. The van der Waals surface area contributed by atoms with E-state index in [-0.39, 0.29) is 17.0 Å². The molecule has 0 aliphatic carbocycles. The molecule has 0 unspecified atom stereocenters. The standard InChI is InChI=1S/C30H51NO3/c1-2-3-4-5-6-7-8-9-10-11-12-13-14-15-16-17-18-19-20-23-26-31-29(32)27-24-21-22-25-28(27)30(33)34/h21-22,24-25H,2-20,23,26H2,1H3,(H,31,32)(H,33,34). The van der Waals surface area contributed by atoms with Gasteiger partial charge < -0.3 is 10.4 Å². The highest BCUT2D eigenvalue weighted by Crippen LogP contribution is 2.15. The van der Waals surface area contributed by atoms with Crippen LogP contribution in [0.25, 0.3) is 0 Å². The molecule has 0 aromatic heterocycles. The van der Waals surface area contributed by atoms with Crippen LogP contribution in [0.4, 0.5) is 0 Å². The predicted octanol–water partition coefficient (Wildman–Crippen LogP) is 8.94. The number of aromatic carboxylic acids is 1. The van der Waals surface area contributed by atoms with E-state index in [2.05, 4.69) is 12.2 Å². The van der Waals surface area contributed by atoms with E-state index in [1.54, 1.807) is 18.2 Å². The number of hydrogen-bond donors (Lipinski definition) is 2. The van der Waals surface area contributed by atoms with E-state index in [4.69, 9.17) is 0 Å². The Kier molecular flexibility index (Phi) is 19.2. The molecule has 1 rings (SSSR count). The van der Waals surface area contributed by atoms with Crippen LogP contribution in [0.15, 0.2) is 24.3 Å². The molecule has 34 heavy (non-hydrogen) atoms. The third-order valence-corrected chi connectivity index (χ3v) is 6.72. The van der Waals surface area contributed by atoms with Gasteiger partial charge in [-0.1, -0.05) is 141 Å². The first-order chi connectivity index (χ1) is 16.7. The van der Waals surface area contributed by atoms with E-state index in [1.165, 1.54) is 122 Å². The maximum atomic E-state index is 12.2. The number of amides is 1. The number of carbonyl (C=O) groups is 2. The van der Waals surface area contributed by atoms with Gasteiger partial charge >= 0.3 is 5.97 Å². The predicted molar refractivity (Wildman–Crippen MR) is 144 cm³/mol. The first-order valence-electron chi connectivity index (χ1n) is 14.3. The van der Waals surface area contributed by atoms with Gasteiger partial charge in [0.1, 0.15) is 0 Å². The van der Waals surface area contributed by atoms with E-state index in [0.29, 0.717) is 6.54 Å². The number of carboxylic acids is 1. The van der Waals surface area contributed by atoms with Crippen LogP contribution in [0, 0.1) is 0 Å². The van der Waals surface area contributed by atoms with E-state index < -0.39 is 5.97 Å². The second kappa shape index (κ2) is 21.7. The molecule has 1 aromatic carbocycles. The highest BCUT2D eigenvalue weighted by Gasteiger charge is 2.14. The Morgan fingerprint density at radius 3 is 1.32 bits per heavy atom. The third-order valence-electron chi connectivity index (χ3n) is 6.72. The van der Waals surface area contributed by atoms with Gasteiger partial charge in [0.2, 0.25) is 0 Å². The molecule has 4 heteroatoms. The Labute approximate surface area is 209 Å². The van der Waals surface area contributed by atoms with Crippen molar-refractivity contribution in [2.45, 2.75) is 135 Å². The minimum absolute atomic E-state index is 0.0588. The average molecular weight is 474 g/mol. The van der Waals surface area contributed by atoms with Gasteiger partial charge in [-0.25, -0.2) is 4.79 Å². The van der Waals surface area contributed by atoms with Gasteiger partial charge in [-0.15, -0.1) is 0 Å². The van der Waals surface area contributed by atoms with Crippen LogP contribution in [-0.2, 0) is 0 Å². The molecule has 0 fully saturated rings. The molecule has 1 aromatic rings. The molecule has 0 heterocycles. The lowest BCUT2D eigenvalue weighted by molar-refractivity contribution is 0.0691. The van der Waals surface area contributed by atoms with Crippen LogP contribution >= 0.6 is 0 Å². The van der Waals surface area contributed by atoms with Crippen LogP contribution in [-0.4, -0.2) is 23.5 Å². The lowest BCUT2D eigenvalue weighted by Gasteiger charge is -2.07. The number of nitrogens with one attached hydrogen (secondary N) is 1. The zero-order chi connectivity index (χ0) is 24.7. The van der Waals surface area contributed by atoms with Gasteiger partial charge in [0.05, 0.1) is 11.1 Å². The zero-order valence-corrected chi connectivity index (χ0v) is 21.9. The summed E-state index contributed by atoms with van der Waals surface area (Å²) in [6.07, 6.45) is 27.0. The summed E-state index contributed by atoms with van der Waals surface area (Å²) in [6, 6.07) is 6.36. The summed E-state index contributed by atoms with van der Waals surface area (Å²) in [6.45, 7) is 2.88. The minimum Gasteiger partial charge on any atom is -0.478 e. The number of carboxylic acid groups (broad SMARTS) is 1. The molecule has 0 aliphatic rings. The molecule has 0 aliphatic heterocycles. The Balaban J connectivity index is 1.82. The molecule has 194 valence electrons. The third kappa shape index (κ3) is 15.9. The Hall–Kier alpha value is -1.84. The quantitative estimate of drug-likeness (QED) is 0.156. The van der Waals surface area contributed by atoms with Gasteiger partial charge in [0, 0.05) is 6.54 Å². The second-order valence-corrected chi connectivity index (χ2v) is 9.82. The number of rotatable bonds is 23. The zero-order valence-electron chi connectivity index (χ0n) is 21.9. The lowest BCUT2D eigenvalue weighted by Crippen LogP contribution is -2.26. The Bertz CT molecular complexity index is 644. The van der Waals surface area contributed by atoms with Crippen molar-refractivity contribution in [1.29, 1.82) is 0 Å². The average Bonchev–Trinajstić information content (AvgIpc) is 2.84. The normalized spacial score (nSPS) is 11.0. The largest absolute Gasteiger partial charge is 0.478 e. The first-order valence-corrected chi connectivity index (χ1v) is 14.3. The molecule has 2 N–H and O–H groups in total. The van der Waals surface area contributed by atoms with E-state index in [9.17, 15) is 14.7 Å². The summed E-state index contributed by atoms with van der Waals surface area (Å²) in [4.78, 5) is 23.4. The second-order valence-electron chi connectivity index (χ2n) is 9.82. The molecule has 0 saturated heterocycles. The van der Waals surface area contributed by atoms with Crippen molar-refractivity contribution in [3.63, 3.8) is 0 Å². The van der Waals surface area contributed by atoms with Gasteiger partial charge in [-0.2, -0.15) is 0 Å². The van der Waals surface area contributed by atoms with Crippen molar-refractivity contribution in [2.24, 2.45) is 0 Å². The van der Waals surface area contributed by atoms with Crippen molar-refractivity contribution in [3.8, 4) is 0 Å². The summed E-state index contributed by atoms with van der Waals surface area (Å²) in [5.74, 6) is -1.36. The Morgan fingerprint density at radius 2 is 0.941 bits per heavy atom. The maximum absolute atomic E-state index is 12.2. The summed E-state index contributed by atoms with van der Waals surface area (Å²) < 4.78 is 0. The van der Waals surface area contributed by atoms with E-state index in [0.717, 1.165) is 12.8 Å². The fraction of sp³-hybridized carbons (Fsp3) is 0.733. The smallest absolute Gasteiger partial charge is 0.336 e. The number of unbranched alkanes of at least 4 members (excludes halogenated alkanes) is 19. The van der Waals surface area contributed by atoms with Crippen LogP contribution in [0.2, 0.25) is 0 Å². The summed E-state index contributed by atoms with van der Waals surface area (Å²) in [7, 11) is 0. The van der Waals surface area contributed by atoms with Gasteiger partial charge in [-0.3, -0.25) is 4.79 Å². The van der Waals surface area contributed by atoms with Crippen molar-refractivity contribution in [1.82, 2.24) is 5.32 Å². The minimum atomic E-state index is -1.07. The van der Waals surface area contributed by atoms with E-state index in [1.807, 2.05) is 0 Å². The SMILES string of the molecule is CCCCCCCCCCCCCCCCCCCCCCNC(=O)c1ccccc1C(=O)O. The van der Waals surface area contributed by atoms with Crippen molar-refractivity contribution in [2.75, 3.05) is 6.54 Å². The van der Waals surface area contributed by atoms with Crippen LogP contribution in [0.3, 0.4) is 0 Å². The molecule has 4 nitrogen and oxygen atoms in total. The van der Waals surface area contributed by atoms with Gasteiger partial charge in [0.25, 0.3) is 5.91 Å². The van der Waals surface area contributed by atoms with E-state index >= 15 is 0 Å². The van der Waals surface area contributed by atoms with Gasteiger partial charge in [-0.05, 0) is 18.6 Å². The van der Waals surface area contributed by atoms with Gasteiger partial charge in [0.15, 0.2) is 0 Å². The van der Waals surface area contributed by atoms with Crippen LogP contribution in [0.1, 0.15) is 156 Å². The van der Waals surface area contributed by atoms with Crippen LogP contribution in [0.5, 0.6) is 0 Å². The monoisotopic (exact) mass is 473 g/mol.